The number of nitrogens with zero attached hydrogens (tertiary/aromatic N) is 1. The molecule has 0 N–H and O–H groups in total. The molecule has 0 amide bonds. The molecule has 154 valence electrons. The van der Waals surface area contributed by atoms with E-state index in [0.29, 0.717) is 26.4 Å². The van der Waals surface area contributed by atoms with Gasteiger partial charge in [-0.1, -0.05) is 0 Å². The second kappa shape index (κ2) is 11.9. The summed E-state index contributed by atoms with van der Waals surface area (Å²) in [5.41, 5.74) is 3.53. The summed E-state index contributed by atoms with van der Waals surface area (Å²) in [7, 11) is 0. The van der Waals surface area contributed by atoms with E-state index in [4.69, 9.17) is 19.2 Å². The number of fused-ring (bicyclic) bond motifs is 1. The van der Waals surface area contributed by atoms with E-state index in [1.807, 2.05) is 12.1 Å². The maximum atomic E-state index is 11.9. The summed E-state index contributed by atoms with van der Waals surface area (Å²) >= 11 is 0.219. The molecule has 0 fully saturated rings. The van der Waals surface area contributed by atoms with Gasteiger partial charge in [-0.2, -0.15) is 0 Å². The van der Waals surface area contributed by atoms with Crippen LogP contribution in [0, 0.1) is 0 Å². The van der Waals surface area contributed by atoms with Crippen molar-refractivity contribution in [3.63, 3.8) is 0 Å². The Kier molecular flexibility index (Phi) is 8.90. The van der Waals surface area contributed by atoms with Crippen molar-refractivity contribution in [3.05, 3.63) is 58.2 Å². The third-order valence-electron chi connectivity index (χ3n) is 4.27. The zero-order valence-corrected chi connectivity index (χ0v) is 18.3. The van der Waals surface area contributed by atoms with Crippen LogP contribution in [0.2, 0.25) is 0 Å². The fourth-order valence-corrected chi connectivity index (χ4v) is 4.50. The van der Waals surface area contributed by atoms with Crippen molar-refractivity contribution >= 4 is 36.4 Å². The predicted molar refractivity (Wildman–Crippen MR) is 117 cm³/mol. The summed E-state index contributed by atoms with van der Waals surface area (Å²) < 4.78 is 30.4. The molecule has 3 aromatic rings. The Labute approximate surface area is 177 Å². The van der Waals surface area contributed by atoms with Gasteiger partial charge in [-0.05, 0) is 0 Å². The summed E-state index contributed by atoms with van der Waals surface area (Å²) in [6, 6.07) is 14.7. The van der Waals surface area contributed by atoms with Crippen LogP contribution in [-0.4, -0.2) is 59.2 Å². The van der Waals surface area contributed by atoms with E-state index in [1.54, 1.807) is 0 Å². The molecule has 1 aromatic heterocycles. The predicted octanol–water partition coefficient (Wildman–Crippen LogP) is 4.41. The van der Waals surface area contributed by atoms with Crippen molar-refractivity contribution in [1.82, 2.24) is 4.98 Å². The van der Waals surface area contributed by atoms with Gasteiger partial charge in [0, 0.05) is 0 Å². The number of ether oxygens (including phenoxy) is 3. The third kappa shape index (κ3) is 7.09. The third-order valence-corrected chi connectivity index (χ3v) is 6.37. The molecule has 0 unspecified atom stereocenters. The van der Waals surface area contributed by atoms with Gasteiger partial charge < -0.3 is 0 Å². The Hall–Kier alpha value is -1.98. The van der Waals surface area contributed by atoms with Gasteiger partial charge in [0.15, 0.2) is 0 Å². The second-order valence-corrected chi connectivity index (χ2v) is 8.60. The normalized spacial score (nSPS) is 11.5. The molecule has 0 aliphatic carbocycles. The molecule has 0 radical (unpaired) electrons. The Balaban J connectivity index is 1.49. The first kappa shape index (κ1) is 21.7. The molecule has 3 rings (SSSR count). The Bertz CT molecular complexity index is 908. The van der Waals surface area contributed by atoms with Gasteiger partial charge in [0.05, 0.1) is 0 Å². The first-order chi connectivity index (χ1) is 14.3. The summed E-state index contributed by atoms with van der Waals surface area (Å²) in [5.74, 6) is 0.793. The van der Waals surface area contributed by atoms with Crippen LogP contribution >= 0.6 is 0 Å². The van der Waals surface area contributed by atoms with Gasteiger partial charge in [0.2, 0.25) is 0 Å². The average molecular weight is 462 g/mol. The van der Waals surface area contributed by atoms with E-state index >= 15 is 0 Å². The van der Waals surface area contributed by atoms with Crippen molar-refractivity contribution < 1.29 is 18.6 Å². The van der Waals surface area contributed by atoms with E-state index < -0.39 is 6.67 Å². The van der Waals surface area contributed by atoms with E-state index in [2.05, 4.69) is 49.4 Å². The molecule has 0 spiro atoms. The number of aryl methyl sites for hydroxylation is 1. The molecule has 6 heteroatoms. The number of hydrogen-bond acceptors (Lipinski definition) is 4. The zero-order valence-electron chi connectivity index (χ0n) is 16.6. The van der Waals surface area contributed by atoms with Crippen LogP contribution in [0.4, 0.5) is 4.39 Å². The molecule has 0 saturated carbocycles. The van der Waals surface area contributed by atoms with E-state index in [-0.39, 0.29) is 21.1 Å². The maximum absolute atomic E-state index is 11.9. The number of aromatic nitrogens is 1. The summed E-state index contributed by atoms with van der Waals surface area (Å²) in [5, 5.41) is 0. The standard InChI is InChI=1S/C23H26FNO3Se/c1-2-18-3-5-19(6-4-18)7-10-23-25-21-17-20(8-9-22(21)29-23)28-16-15-27-14-13-26-12-11-24/h3-10,17H,2,11-16H2,1H3/b10-7+. The first-order valence-electron chi connectivity index (χ1n) is 9.80. The number of benzene rings is 2. The zero-order chi connectivity index (χ0) is 20.3. The van der Waals surface area contributed by atoms with Crippen LogP contribution in [0.5, 0.6) is 5.75 Å². The van der Waals surface area contributed by atoms with Crippen molar-refractivity contribution in [2.75, 3.05) is 39.7 Å². The average Bonchev–Trinajstić information content (AvgIpc) is 3.17. The monoisotopic (exact) mass is 463 g/mol. The summed E-state index contributed by atoms with van der Waals surface area (Å²) in [4.78, 5) is 4.75. The molecule has 1 heterocycles. The Morgan fingerprint density at radius 1 is 0.931 bits per heavy atom. The van der Waals surface area contributed by atoms with Crippen LogP contribution < -0.4 is 4.74 Å². The number of halogens is 1. The Morgan fingerprint density at radius 2 is 1.69 bits per heavy atom. The van der Waals surface area contributed by atoms with Crippen LogP contribution in [0.1, 0.15) is 22.6 Å². The van der Waals surface area contributed by atoms with Gasteiger partial charge in [-0.3, -0.25) is 0 Å². The van der Waals surface area contributed by atoms with Crippen LogP contribution in [0.15, 0.2) is 42.5 Å². The van der Waals surface area contributed by atoms with E-state index in [0.717, 1.165) is 22.3 Å². The van der Waals surface area contributed by atoms with Crippen molar-refractivity contribution in [2.24, 2.45) is 0 Å². The fraction of sp³-hybridized carbons (Fsp3) is 0.348. The number of hydrogen-bond donors (Lipinski definition) is 0. The van der Waals surface area contributed by atoms with Gasteiger partial charge in [-0.25, -0.2) is 4.39 Å². The number of alkyl halides is 1. The molecule has 4 nitrogen and oxygen atoms in total. The van der Waals surface area contributed by atoms with Crippen molar-refractivity contribution in [3.8, 4) is 5.75 Å². The van der Waals surface area contributed by atoms with E-state index in [9.17, 15) is 4.39 Å². The molecule has 0 atom stereocenters. The summed E-state index contributed by atoms with van der Waals surface area (Å²) in [6.07, 6.45) is 5.29. The molecule has 0 aliphatic rings. The van der Waals surface area contributed by atoms with E-state index in [1.165, 1.54) is 15.4 Å². The molecule has 2 aromatic carbocycles. The molecular weight excluding hydrogens is 436 g/mol. The SMILES string of the molecule is CCc1ccc(/C=C/c2nc3cc(OCCOCCOCCF)ccc3[se]2)cc1. The Morgan fingerprint density at radius 3 is 2.45 bits per heavy atom. The molecule has 29 heavy (non-hydrogen) atoms. The van der Waals surface area contributed by atoms with Crippen LogP contribution in [-0.2, 0) is 15.9 Å². The minimum absolute atomic E-state index is 0.124. The van der Waals surface area contributed by atoms with Crippen molar-refractivity contribution in [2.45, 2.75) is 13.3 Å². The second-order valence-electron chi connectivity index (χ2n) is 6.37. The number of rotatable bonds is 12. The molecule has 0 saturated heterocycles. The topological polar surface area (TPSA) is 40.6 Å². The van der Waals surface area contributed by atoms with Crippen LogP contribution in [0.25, 0.3) is 21.9 Å². The minimum atomic E-state index is -0.464. The van der Waals surface area contributed by atoms with Gasteiger partial charge in [0.1, 0.15) is 6.67 Å². The molecule has 0 aliphatic heterocycles. The van der Waals surface area contributed by atoms with Crippen LogP contribution in [0.3, 0.4) is 0 Å². The summed E-state index contributed by atoms with van der Waals surface area (Å²) in [6.45, 7) is 3.59. The van der Waals surface area contributed by atoms with Gasteiger partial charge >= 0.3 is 166 Å². The fourth-order valence-electron chi connectivity index (χ4n) is 2.71. The first-order valence-corrected chi connectivity index (χ1v) is 11.5. The van der Waals surface area contributed by atoms with Gasteiger partial charge in [0.25, 0.3) is 0 Å². The van der Waals surface area contributed by atoms with Crippen molar-refractivity contribution in [1.29, 1.82) is 0 Å². The quantitative estimate of drug-likeness (QED) is 0.296. The molecule has 0 bridgehead atoms. The van der Waals surface area contributed by atoms with Gasteiger partial charge in [-0.15, -0.1) is 0 Å². The molecular formula is C23H26FNO3Se.